The first kappa shape index (κ1) is 16.6. The van der Waals surface area contributed by atoms with Crippen LogP contribution in [-0.2, 0) is 7.05 Å². The standard InChI is InChI=1S/C20H18N2O3S/c1-11-8-9-16-17(12(11)2)22(3)20(26-16)21-19(23)15-10-13-6-5-7-14(24-4)18(13)25-15/h5-10H,1-4H3. The smallest absolute Gasteiger partial charge is 0.315 e. The Kier molecular flexibility index (Phi) is 3.92. The molecule has 0 bridgehead atoms. The molecule has 0 aliphatic rings. The number of fused-ring (bicyclic) bond motifs is 2. The molecule has 0 fully saturated rings. The highest BCUT2D eigenvalue weighted by Gasteiger charge is 2.15. The maximum Gasteiger partial charge on any atom is 0.315 e. The maximum atomic E-state index is 12.7. The minimum Gasteiger partial charge on any atom is -0.493 e. The Labute approximate surface area is 154 Å². The molecule has 0 saturated carbocycles. The van der Waals surface area contributed by atoms with Crippen LogP contribution in [0, 0.1) is 13.8 Å². The summed E-state index contributed by atoms with van der Waals surface area (Å²) in [5.41, 5.74) is 4.07. The Balaban J connectivity index is 1.84. The lowest BCUT2D eigenvalue weighted by atomic mass is 10.1. The van der Waals surface area contributed by atoms with Crippen LogP contribution >= 0.6 is 11.3 Å². The summed E-state index contributed by atoms with van der Waals surface area (Å²) in [6.45, 7) is 4.16. The third-order valence-corrected chi connectivity index (χ3v) is 5.72. The molecule has 4 rings (SSSR count). The van der Waals surface area contributed by atoms with Crippen LogP contribution < -0.4 is 9.54 Å². The summed E-state index contributed by atoms with van der Waals surface area (Å²) in [5, 5.41) is 0.815. The van der Waals surface area contributed by atoms with Crippen LogP contribution in [0.2, 0.25) is 0 Å². The molecular formula is C20H18N2O3S. The van der Waals surface area contributed by atoms with Gasteiger partial charge in [-0.3, -0.25) is 4.79 Å². The Morgan fingerprint density at radius 1 is 1.23 bits per heavy atom. The van der Waals surface area contributed by atoms with Gasteiger partial charge in [-0.2, -0.15) is 4.99 Å². The molecule has 5 nitrogen and oxygen atoms in total. The molecule has 0 aliphatic heterocycles. The molecule has 0 spiro atoms. The second-order valence-electron chi connectivity index (χ2n) is 6.20. The van der Waals surface area contributed by atoms with E-state index in [2.05, 4.69) is 31.0 Å². The Hall–Kier alpha value is -2.86. The molecule has 0 aliphatic carbocycles. The van der Waals surface area contributed by atoms with Crippen molar-refractivity contribution in [2.75, 3.05) is 7.11 Å². The Bertz CT molecular complexity index is 1230. The molecule has 0 atom stereocenters. The number of aromatic nitrogens is 1. The van der Waals surface area contributed by atoms with Crippen molar-refractivity contribution in [1.29, 1.82) is 0 Å². The minimum atomic E-state index is -0.403. The molecule has 0 saturated heterocycles. The number of ether oxygens (including phenoxy) is 1. The van der Waals surface area contributed by atoms with E-state index in [9.17, 15) is 4.79 Å². The normalized spacial score (nSPS) is 12.2. The summed E-state index contributed by atoms with van der Waals surface area (Å²) in [6.07, 6.45) is 0. The lowest BCUT2D eigenvalue weighted by Gasteiger charge is -2.03. The predicted molar refractivity (Wildman–Crippen MR) is 103 cm³/mol. The van der Waals surface area contributed by atoms with Crippen molar-refractivity contribution in [2.45, 2.75) is 13.8 Å². The number of nitrogens with zero attached hydrogens (tertiary/aromatic N) is 2. The average molecular weight is 366 g/mol. The third-order valence-electron chi connectivity index (χ3n) is 4.62. The van der Waals surface area contributed by atoms with Crippen LogP contribution in [0.3, 0.4) is 0 Å². The summed E-state index contributed by atoms with van der Waals surface area (Å²) >= 11 is 1.49. The van der Waals surface area contributed by atoms with Crippen molar-refractivity contribution >= 4 is 38.4 Å². The van der Waals surface area contributed by atoms with E-state index in [0.717, 1.165) is 15.6 Å². The molecule has 26 heavy (non-hydrogen) atoms. The van der Waals surface area contributed by atoms with Gasteiger partial charge >= 0.3 is 5.91 Å². The van der Waals surface area contributed by atoms with Crippen molar-refractivity contribution in [3.8, 4) is 5.75 Å². The topological polar surface area (TPSA) is 56.7 Å². The second kappa shape index (κ2) is 6.14. The molecule has 0 unspecified atom stereocenters. The number of rotatable bonds is 2. The molecule has 0 radical (unpaired) electrons. The molecule has 0 N–H and O–H groups in total. The van der Waals surface area contributed by atoms with Gasteiger partial charge in [-0.15, -0.1) is 0 Å². The third kappa shape index (κ3) is 2.54. The van der Waals surface area contributed by atoms with Crippen LogP contribution in [0.25, 0.3) is 21.2 Å². The fraction of sp³-hybridized carbons (Fsp3) is 0.200. The first-order chi connectivity index (χ1) is 12.5. The van der Waals surface area contributed by atoms with Crippen molar-refractivity contribution in [1.82, 2.24) is 4.57 Å². The molecule has 2 aromatic heterocycles. The molecule has 4 aromatic rings. The van der Waals surface area contributed by atoms with Gasteiger partial charge in [0, 0.05) is 12.4 Å². The highest BCUT2D eigenvalue weighted by Crippen LogP contribution is 2.29. The van der Waals surface area contributed by atoms with E-state index >= 15 is 0 Å². The van der Waals surface area contributed by atoms with Gasteiger partial charge in [0.1, 0.15) is 0 Å². The molecule has 2 aromatic carbocycles. The van der Waals surface area contributed by atoms with Crippen molar-refractivity contribution in [3.05, 3.63) is 58.1 Å². The van der Waals surface area contributed by atoms with E-state index in [0.29, 0.717) is 16.1 Å². The summed E-state index contributed by atoms with van der Waals surface area (Å²) < 4.78 is 14.1. The summed E-state index contributed by atoms with van der Waals surface area (Å²) in [5.74, 6) is 0.398. The quantitative estimate of drug-likeness (QED) is 0.530. The number of thiazole rings is 1. The number of para-hydroxylation sites is 1. The molecule has 2 heterocycles. The Morgan fingerprint density at radius 3 is 2.81 bits per heavy atom. The number of methoxy groups -OCH3 is 1. The van der Waals surface area contributed by atoms with Crippen molar-refractivity contribution < 1.29 is 13.9 Å². The van der Waals surface area contributed by atoms with Crippen LogP contribution in [0.15, 0.2) is 45.8 Å². The lowest BCUT2D eigenvalue weighted by Crippen LogP contribution is -2.13. The predicted octanol–water partition coefficient (Wildman–Crippen LogP) is 4.35. The highest BCUT2D eigenvalue weighted by atomic mass is 32.1. The molecule has 132 valence electrons. The van der Waals surface area contributed by atoms with Gasteiger partial charge in [0.2, 0.25) is 0 Å². The van der Waals surface area contributed by atoms with Crippen molar-refractivity contribution in [2.24, 2.45) is 12.0 Å². The zero-order valence-corrected chi connectivity index (χ0v) is 15.8. The monoisotopic (exact) mass is 366 g/mol. The minimum absolute atomic E-state index is 0.204. The van der Waals surface area contributed by atoms with Gasteiger partial charge in [-0.25, -0.2) is 0 Å². The molecule has 1 amide bonds. The number of aryl methyl sites for hydroxylation is 3. The van der Waals surface area contributed by atoms with E-state index in [-0.39, 0.29) is 5.76 Å². The summed E-state index contributed by atoms with van der Waals surface area (Å²) in [6, 6.07) is 11.4. The van der Waals surface area contributed by atoms with Crippen LogP contribution in [0.1, 0.15) is 21.7 Å². The molecular weight excluding hydrogens is 348 g/mol. The average Bonchev–Trinajstić information content (AvgIpc) is 3.20. The fourth-order valence-electron chi connectivity index (χ4n) is 3.08. The van der Waals surface area contributed by atoms with Crippen LogP contribution in [0.5, 0.6) is 5.75 Å². The van der Waals surface area contributed by atoms with E-state index in [1.54, 1.807) is 19.2 Å². The number of hydrogen-bond donors (Lipinski definition) is 0. The summed E-state index contributed by atoms with van der Waals surface area (Å²) in [4.78, 5) is 17.6. The van der Waals surface area contributed by atoms with Crippen LogP contribution in [0.4, 0.5) is 0 Å². The van der Waals surface area contributed by atoms with E-state index in [4.69, 9.17) is 9.15 Å². The second-order valence-corrected chi connectivity index (χ2v) is 7.21. The van der Waals surface area contributed by atoms with Gasteiger partial charge in [-0.05, 0) is 43.2 Å². The van der Waals surface area contributed by atoms with Gasteiger partial charge < -0.3 is 13.7 Å². The zero-order chi connectivity index (χ0) is 18.4. The summed E-state index contributed by atoms with van der Waals surface area (Å²) in [7, 11) is 3.50. The maximum absolute atomic E-state index is 12.7. The van der Waals surface area contributed by atoms with Crippen LogP contribution in [-0.4, -0.2) is 17.6 Å². The van der Waals surface area contributed by atoms with Gasteiger partial charge in [0.25, 0.3) is 0 Å². The lowest BCUT2D eigenvalue weighted by molar-refractivity contribution is 0.0973. The van der Waals surface area contributed by atoms with Gasteiger partial charge in [0.15, 0.2) is 21.9 Å². The SMILES string of the molecule is COc1cccc2cc(C(=O)N=c3sc4ccc(C)c(C)c4n3C)oc12. The van der Waals surface area contributed by atoms with Gasteiger partial charge in [-0.1, -0.05) is 29.5 Å². The van der Waals surface area contributed by atoms with Crippen molar-refractivity contribution in [3.63, 3.8) is 0 Å². The Morgan fingerprint density at radius 2 is 2.04 bits per heavy atom. The number of hydrogen-bond acceptors (Lipinski definition) is 4. The number of amides is 1. The number of carbonyl (C=O) groups excluding carboxylic acids is 1. The number of carbonyl (C=O) groups is 1. The largest absolute Gasteiger partial charge is 0.493 e. The van der Waals surface area contributed by atoms with Gasteiger partial charge in [0.05, 0.1) is 17.3 Å². The zero-order valence-electron chi connectivity index (χ0n) is 15.0. The molecule has 6 heteroatoms. The first-order valence-corrected chi connectivity index (χ1v) is 9.02. The first-order valence-electron chi connectivity index (χ1n) is 8.21. The number of benzene rings is 2. The highest BCUT2D eigenvalue weighted by molar-refractivity contribution is 7.16. The fourth-order valence-corrected chi connectivity index (χ4v) is 4.16. The van der Waals surface area contributed by atoms with E-state index in [1.165, 1.54) is 22.5 Å². The number of furan rings is 1. The van der Waals surface area contributed by atoms with E-state index in [1.807, 2.05) is 23.7 Å². The van der Waals surface area contributed by atoms with E-state index < -0.39 is 5.91 Å².